The highest BCUT2D eigenvalue weighted by Gasteiger charge is 2.08. The van der Waals surface area contributed by atoms with E-state index in [1.165, 1.54) is 24.3 Å². The third-order valence-electron chi connectivity index (χ3n) is 1.56. The van der Waals surface area contributed by atoms with Gasteiger partial charge in [0.25, 0.3) is 12.3 Å². The number of alkyl halides is 2. The number of nitrogens with one attached hydrogen (secondary N) is 1. The molecule has 0 bridgehead atoms. The minimum absolute atomic E-state index is 0.117. The quantitative estimate of drug-likeness (QED) is 0.414. The number of rotatable bonds is 2. The summed E-state index contributed by atoms with van der Waals surface area (Å²) in [7, 11) is 0. The highest BCUT2D eigenvalue weighted by Crippen LogP contribution is 2.18. The maximum Gasteiger partial charge on any atom is 0.265 e. The van der Waals surface area contributed by atoms with Gasteiger partial charge < -0.3 is 0 Å². The molecule has 0 aliphatic rings. The van der Waals surface area contributed by atoms with Crippen molar-refractivity contribution in [3.63, 3.8) is 0 Å². The summed E-state index contributed by atoms with van der Waals surface area (Å²) >= 11 is 0. The van der Waals surface area contributed by atoms with E-state index in [9.17, 15) is 13.6 Å². The topological polar surface area (TPSA) is 55.1 Å². The highest BCUT2D eigenvalue weighted by atomic mass is 19.3. The van der Waals surface area contributed by atoms with Crippen LogP contribution in [0.25, 0.3) is 0 Å². The van der Waals surface area contributed by atoms with Crippen LogP contribution in [0.1, 0.15) is 22.3 Å². The van der Waals surface area contributed by atoms with Crippen LogP contribution in [-0.4, -0.2) is 5.91 Å². The molecule has 0 spiro atoms. The smallest absolute Gasteiger partial charge is 0.265 e. The first-order valence-electron chi connectivity index (χ1n) is 3.54. The number of carbonyl (C=O) groups is 1. The van der Waals surface area contributed by atoms with Gasteiger partial charge in [0.05, 0.1) is 0 Å². The van der Waals surface area contributed by atoms with Gasteiger partial charge in [-0.1, -0.05) is 12.1 Å². The second kappa shape index (κ2) is 3.95. The van der Waals surface area contributed by atoms with Gasteiger partial charge in [0.2, 0.25) is 0 Å². The van der Waals surface area contributed by atoms with E-state index in [1.54, 1.807) is 0 Å². The number of hydrogen-bond donors (Lipinski definition) is 2. The SMILES string of the molecule is NNC(=O)c1ccc(C(F)F)cc1. The monoisotopic (exact) mass is 186 g/mol. The van der Waals surface area contributed by atoms with Crippen molar-refractivity contribution in [2.24, 2.45) is 5.84 Å². The first-order chi connectivity index (χ1) is 6.15. The number of halogens is 2. The van der Waals surface area contributed by atoms with E-state index in [0.717, 1.165) is 0 Å². The molecule has 0 aliphatic carbocycles. The molecule has 0 atom stereocenters. The van der Waals surface area contributed by atoms with Crippen molar-refractivity contribution >= 4 is 5.91 Å². The Morgan fingerprint density at radius 1 is 1.31 bits per heavy atom. The molecule has 1 amide bonds. The van der Waals surface area contributed by atoms with Gasteiger partial charge in [-0.05, 0) is 12.1 Å². The van der Waals surface area contributed by atoms with E-state index in [-0.39, 0.29) is 11.1 Å². The summed E-state index contributed by atoms with van der Waals surface area (Å²) in [5.74, 6) is 4.35. The Hall–Kier alpha value is -1.49. The number of amides is 1. The Labute approximate surface area is 73.5 Å². The second-order valence-electron chi connectivity index (χ2n) is 2.40. The maximum absolute atomic E-state index is 12.1. The van der Waals surface area contributed by atoms with Crippen LogP contribution in [0.15, 0.2) is 24.3 Å². The van der Waals surface area contributed by atoms with Crippen LogP contribution in [-0.2, 0) is 0 Å². The molecule has 1 aromatic carbocycles. The van der Waals surface area contributed by atoms with E-state index in [0.29, 0.717) is 0 Å². The number of nitrogen functional groups attached to an aromatic ring is 1. The minimum Gasteiger partial charge on any atom is -0.290 e. The molecule has 70 valence electrons. The van der Waals surface area contributed by atoms with Crippen molar-refractivity contribution in [1.29, 1.82) is 0 Å². The number of hydrogen-bond acceptors (Lipinski definition) is 2. The molecule has 0 aromatic heterocycles. The molecule has 0 saturated heterocycles. The van der Waals surface area contributed by atoms with Crippen molar-refractivity contribution < 1.29 is 13.6 Å². The summed E-state index contributed by atoms with van der Waals surface area (Å²) in [6.45, 7) is 0. The Kier molecular flexibility index (Phi) is 2.92. The number of nitrogens with two attached hydrogens (primary N) is 1. The van der Waals surface area contributed by atoms with Crippen LogP contribution in [0.4, 0.5) is 8.78 Å². The lowest BCUT2D eigenvalue weighted by atomic mass is 10.1. The van der Waals surface area contributed by atoms with Gasteiger partial charge in [-0.2, -0.15) is 0 Å². The molecule has 5 heteroatoms. The molecule has 0 radical (unpaired) electrons. The van der Waals surface area contributed by atoms with Gasteiger partial charge >= 0.3 is 0 Å². The number of hydrazine groups is 1. The molecule has 3 nitrogen and oxygen atoms in total. The zero-order valence-corrected chi connectivity index (χ0v) is 6.63. The third-order valence-corrected chi connectivity index (χ3v) is 1.56. The highest BCUT2D eigenvalue weighted by molar-refractivity contribution is 5.93. The molecule has 0 unspecified atom stereocenters. The van der Waals surface area contributed by atoms with Crippen molar-refractivity contribution in [3.05, 3.63) is 35.4 Å². The number of benzene rings is 1. The van der Waals surface area contributed by atoms with Gasteiger partial charge in [0.1, 0.15) is 0 Å². The fourth-order valence-electron chi connectivity index (χ4n) is 0.863. The molecule has 1 rings (SSSR count). The van der Waals surface area contributed by atoms with Crippen LogP contribution in [0.3, 0.4) is 0 Å². The molecular weight excluding hydrogens is 178 g/mol. The summed E-state index contributed by atoms with van der Waals surface area (Å²) in [6.07, 6.45) is -2.52. The number of carbonyl (C=O) groups excluding carboxylic acids is 1. The van der Waals surface area contributed by atoms with Crippen LogP contribution in [0, 0.1) is 0 Å². The Bertz CT molecular complexity index is 298. The van der Waals surface area contributed by atoms with Crippen molar-refractivity contribution in [2.45, 2.75) is 6.43 Å². The molecule has 0 saturated carbocycles. The largest absolute Gasteiger partial charge is 0.290 e. The predicted molar refractivity (Wildman–Crippen MR) is 43.1 cm³/mol. The van der Waals surface area contributed by atoms with Gasteiger partial charge in [-0.3, -0.25) is 10.2 Å². The first kappa shape index (κ1) is 9.60. The van der Waals surface area contributed by atoms with Crippen molar-refractivity contribution in [2.75, 3.05) is 0 Å². The fourth-order valence-corrected chi connectivity index (χ4v) is 0.863. The van der Waals surface area contributed by atoms with Gasteiger partial charge in [-0.25, -0.2) is 14.6 Å². The summed E-state index contributed by atoms with van der Waals surface area (Å²) in [5.41, 5.74) is 2.04. The van der Waals surface area contributed by atoms with Gasteiger partial charge in [0.15, 0.2) is 0 Å². The standard InChI is InChI=1S/C8H8F2N2O/c9-7(10)5-1-3-6(4-2-5)8(13)12-11/h1-4,7H,11H2,(H,12,13). The van der Waals surface area contributed by atoms with Crippen molar-refractivity contribution in [1.82, 2.24) is 5.43 Å². The third kappa shape index (κ3) is 2.22. The van der Waals surface area contributed by atoms with E-state index >= 15 is 0 Å². The molecule has 1 aromatic rings. The lowest BCUT2D eigenvalue weighted by molar-refractivity contribution is 0.0953. The molecule has 0 aliphatic heterocycles. The van der Waals surface area contributed by atoms with Crippen molar-refractivity contribution in [3.8, 4) is 0 Å². The van der Waals surface area contributed by atoms with E-state index < -0.39 is 12.3 Å². The second-order valence-corrected chi connectivity index (χ2v) is 2.40. The Morgan fingerprint density at radius 2 is 1.85 bits per heavy atom. The zero-order chi connectivity index (χ0) is 9.84. The van der Waals surface area contributed by atoms with Crippen LogP contribution in [0.5, 0.6) is 0 Å². The van der Waals surface area contributed by atoms with Gasteiger partial charge in [-0.15, -0.1) is 0 Å². The maximum atomic E-state index is 12.1. The lowest BCUT2D eigenvalue weighted by Crippen LogP contribution is -2.29. The van der Waals surface area contributed by atoms with Crippen LogP contribution in [0.2, 0.25) is 0 Å². The molecule has 3 N–H and O–H groups in total. The summed E-state index contributed by atoms with van der Waals surface area (Å²) < 4.78 is 24.1. The average molecular weight is 186 g/mol. The van der Waals surface area contributed by atoms with E-state index in [4.69, 9.17) is 5.84 Å². The predicted octanol–water partition coefficient (Wildman–Crippen LogP) is 1.23. The first-order valence-corrected chi connectivity index (χ1v) is 3.54. The molecular formula is C8H8F2N2O. The lowest BCUT2D eigenvalue weighted by Gasteiger charge is -2.01. The van der Waals surface area contributed by atoms with Crippen LogP contribution >= 0.6 is 0 Å². The summed E-state index contributed by atoms with van der Waals surface area (Å²) in [5, 5.41) is 0. The molecule has 0 fully saturated rings. The average Bonchev–Trinajstić information content (AvgIpc) is 2.17. The zero-order valence-electron chi connectivity index (χ0n) is 6.63. The van der Waals surface area contributed by atoms with Gasteiger partial charge in [0, 0.05) is 11.1 Å². The molecule has 13 heavy (non-hydrogen) atoms. The van der Waals surface area contributed by atoms with E-state index in [2.05, 4.69) is 0 Å². The summed E-state index contributed by atoms with van der Waals surface area (Å²) in [6, 6.07) is 4.97. The van der Waals surface area contributed by atoms with Crippen LogP contribution < -0.4 is 11.3 Å². The Morgan fingerprint density at radius 3 is 2.23 bits per heavy atom. The fraction of sp³-hybridized carbons (Fsp3) is 0.125. The summed E-state index contributed by atoms with van der Waals surface area (Å²) in [4.78, 5) is 10.9. The normalized spacial score (nSPS) is 10.2. The van der Waals surface area contributed by atoms with E-state index in [1.807, 2.05) is 5.43 Å². The minimum atomic E-state index is -2.52. The Balaban J connectivity index is 2.87. The molecule has 0 heterocycles.